The van der Waals surface area contributed by atoms with E-state index in [1.165, 1.54) is 6.08 Å². The van der Waals surface area contributed by atoms with Crippen molar-refractivity contribution in [3.63, 3.8) is 0 Å². The first-order valence-electron chi connectivity index (χ1n) is 9.23. The second kappa shape index (κ2) is 8.13. The molecule has 1 aliphatic carbocycles. The fraction of sp³-hybridized carbons (Fsp3) is 0.318. The summed E-state index contributed by atoms with van der Waals surface area (Å²) < 4.78 is 7.27. The number of ether oxygens (including phenoxy) is 1. The van der Waals surface area contributed by atoms with E-state index in [1.807, 2.05) is 51.1 Å². The van der Waals surface area contributed by atoms with Crippen LogP contribution in [0.15, 0.2) is 35.9 Å². The summed E-state index contributed by atoms with van der Waals surface area (Å²) in [6, 6.07) is 11.7. The Hall–Kier alpha value is -3.33. The van der Waals surface area contributed by atoms with Crippen LogP contribution in [0.5, 0.6) is 0 Å². The number of carbonyl (C=O) groups excluding carboxylic acids is 2. The van der Waals surface area contributed by atoms with E-state index >= 15 is 0 Å². The minimum absolute atomic E-state index is 0.125. The van der Waals surface area contributed by atoms with Crippen LogP contribution in [0.3, 0.4) is 0 Å². The number of esters is 1. The molecule has 3 rings (SSSR count). The van der Waals surface area contributed by atoms with Gasteiger partial charge in [-0.3, -0.25) is 4.79 Å². The quantitative estimate of drug-likeness (QED) is 0.471. The lowest BCUT2D eigenvalue weighted by atomic mass is 10.1. The van der Waals surface area contributed by atoms with Crippen LogP contribution in [0, 0.1) is 32.1 Å². The Morgan fingerprint density at radius 3 is 2.64 bits per heavy atom. The number of para-hydroxylation sites is 1. The average Bonchev–Trinajstić information content (AvgIpc) is 3.45. The van der Waals surface area contributed by atoms with Gasteiger partial charge in [0, 0.05) is 23.1 Å². The molecule has 0 aliphatic heterocycles. The third-order valence-electron chi connectivity index (χ3n) is 4.83. The molecule has 28 heavy (non-hydrogen) atoms. The first-order chi connectivity index (χ1) is 13.4. The molecule has 0 spiro atoms. The number of hydrogen-bond donors (Lipinski definition) is 1. The number of nitrogens with zero attached hydrogens (tertiary/aromatic N) is 2. The van der Waals surface area contributed by atoms with Gasteiger partial charge in [-0.15, -0.1) is 0 Å². The molecule has 2 aromatic rings. The minimum atomic E-state index is -0.807. The lowest BCUT2D eigenvalue weighted by Crippen LogP contribution is -2.21. The van der Waals surface area contributed by atoms with Crippen molar-refractivity contribution in [1.82, 2.24) is 4.57 Å². The molecule has 6 nitrogen and oxygen atoms in total. The molecule has 0 saturated heterocycles. The highest BCUT2D eigenvalue weighted by atomic mass is 16.5. The highest BCUT2D eigenvalue weighted by Crippen LogP contribution is 2.38. The number of benzene rings is 1. The maximum Gasteiger partial charge on any atom is 0.349 e. The second-order valence-electron chi connectivity index (χ2n) is 7.04. The zero-order valence-electron chi connectivity index (χ0n) is 16.3. The van der Waals surface area contributed by atoms with Crippen molar-refractivity contribution >= 4 is 23.6 Å². The van der Waals surface area contributed by atoms with Crippen LogP contribution in [0.1, 0.15) is 41.4 Å². The van der Waals surface area contributed by atoms with Gasteiger partial charge in [0.15, 0.2) is 6.61 Å². The van der Waals surface area contributed by atoms with Crippen LogP contribution < -0.4 is 5.32 Å². The summed E-state index contributed by atoms with van der Waals surface area (Å²) in [6.45, 7) is 5.42. The minimum Gasteiger partial charge on any atom is -0.451 e. The lowest BCUT2D eigenvalue weighted by Gasteiger charge is -2.08. The number of hydrogen-bond acceptors (Lipinski definition) is 4. The Bertz CT molecular complexity index is 991. The summed E-state index contributed by atoms with van der Waals surface area (Å²) in [7, 11) is 0. The molecule has 0 bridgehead atoms. The molecule has 0 atom stereocenters. The molecule has 1 saturated carbocycles. The number of amides is 1. The Morgan fingerprint density at radius 2 is 2.00 bits per heavy atom. The third kappa shape index (κ3) is 4.32. The number of nitrogens with one attached hydrogen (secondary N) is 1. The van der Waals surface area contributed by atoms with Gasteiger partial charge in [-0.25, -0.2) is 4.79 Å². The van der Waals surface area contributed by atoms with E-state index in [1.54, 1.807) is 6.07 Å². The van der Waals surface area contributed by atoms with Gasteiger partial charge in [0.1, 0.15) is 11.6 Å². The van der Waals surface area contributed by atoms with E-state index in [0.29, 0.717) is 11.7 Å². The van der Waals surface area contributed by atoms with E-state index in [0.717, 1.165) is 35.4 Å². The first-order valence-corrected chi connectivity index (χ1v) is 9.23. The molecular formula is C22H23N3O3. The zero-order chi connectivity index (χ0) is 20.3. The van der Waals surface area contributed by atoms with E-state index in [9.17, 15) is 14.9 Å². The predicted molar refractivity (Wildman–Crippen MR) is 107 cm³/mol. The summed E-state index contributed by atoms with van der Waals surface area (Å²) in [4.78, 5) is 24.3. The Balaban J connectivity index is 1.65. The van der Waals surface area contributed by atoms with Crippen LogP contribution >= 0.6 is 0 Å². The van der Waals surface area contributed by atoms with Crippen LogP contribution in [-0.4, -0.2) is 23.1 Å². The molecule has 1 aromatic carbocycles. The van der Waals surface area contributed by atoms with Gasteiger partial charge in [0.25, 0.3) is 5.91 Å². The van der Waals surface area contributed by atoms with Crippen molar-refractivity contribution < 1.29 is 14.3 Å². The summed E-state index contributed by atoms with van der Waals surface area (Å²) in [5.74, 6) is -1.26. The molecule has 6 heteroatoms. The van der Waals surface area contributed by atoms with Gasteiger partial charge in [-0.05, 0) is 62.9 Å². The van der Waals surface area contributed by atoms with Crippen LogP contribution in [0.25, 0.3) is 6.08 Å². The molecule has 1 aromatic heterocycles. The lowest BCUT2D eigenvalue weighted by molar-refractivity contribution is -0.142. The molecule has 0 unspecified atom stereocenters. The van der Waals surface area contributed by atoms with E-state index in [4.69, 9.17) is 4.74 Å². The van der Waals surface area contributed by atoms with E-state index in [2.05, 4.69) is 9.88 Å². The maximum absolute atomic E-state index is 12.3. The Labute approximate surface area is 164 Å². The SMILES string of the molecule is Cc1ccccc1NC(=O)COC(=O)/C(C#N)=C/c1cc(C)n(C2CC2)c1C. The largest absolute Gasteiger partial charge is 0.451 e. The molecular weight excluding hydrogens is 354 g/mol. The maximum atomic E-state index is 12.3. The van der Waals surface area contributed by atoms with E-state index in [-0.39, 0.29) is 5.57 Å². The summed E-state index contributed by atoms with van der Waals surface area (Å²) in [5, 5.41) is 12.0. The van der Waals surface area contributed by atoms with Crippen LogP contribution in [-0.2, 0) is 14.3 Å². The molecule has 0 radical (unpaired) electrons. The molecule has 1 aliphatic rings. The number of aryl methyl sites for hydroxylation is 2. The van der Waals surface area contributed by atoms with Gasteiger partial charge in [-0.1, -0.05) is 18.2 Å². The van der Waals surface area contributed by atoms with Gasteiger partial charge in [0.2, 0.25) is 0 Å². The standard InChI is InChI=1S/C22H23N3O3/c1-14-6-4-5-7-20(14)24-21(26)13-28-22(27)18(12-23)11-17-10-15(2)25(16(17)3)19-8-9-19/h4-7,10-11,19H,8-9,13H2,1-3H3,(H,24,26)/b18-11+. The Morgan fingerprint density at radius 1 is 1.29 bits per heavy atom. The Kier molecular flexibility index (Phi) is 5.65. The average molecular weight is 377 g/mol. The number of nitriles is 1. The molecule has 1 heterocycles. The number of anilines is 1. The second-order valence-corrected chi connectivity index (χ2v) is 7.04. The van der Waals surface area contributed by atoms with Crippen molar-refractivity contribution in [1.29, 1.82) is 5.26 Å². The van der Waals surface area contributed by atoms with Gasteiger partial charge < -0.3 is 14.6 Å². The van der Waals surface area contributed by atoms with Crippen molar-refractivity contribution in [2.75, 3.05) is 11.9 Å². The predicted octanol–water partition coefficient (Wildman–Crippen LogP) is 3.84. The monoisotopic (exact) mass is 377 g/mol. The fourth-order valence-electron chi connectivity index (χ4n) is 3.24. The topological polar surface area (TPSA) is 84.1 Å². The first kappa shape index (κ1) is 19.4. The van der Waals surface area contributed by atoms with E-state index < -0.39 is 18.5 Å². The highest BCUT2D eigenvalue weighted by Gasteiger charge is 2.27. The smallest absolute Gasteiger partial charge is 0.349 e. The van der Waals surface area contributed by atoms with Gasteiger partial charge in [-0.2, -0.15) is 5.26 Å². The molecule has 1 N–H and O–H groups in total. The summed E-state index contributed by atoms with van der Waals surface area (Å²) >= 11 is 0. The fourth-order valence-corrected chi connectivity index (χ4v) is 3.24. The van der Waals surface area contributed by atoms with Crippen molar-refractivity contribution in [3.05, 3.63) is 58.4 Å². The number of rotatable bonds is 6. The highest BCUT2D eigenvalue weighted by molar-refractivity contribution is 6.00. The van der Waals surface area contributed by atoms with Crippen molar-refractivity contribution in [2.24, 2.45) is 0 Å². The normalized spacial score (nSPS) is 13.7. The number of aromatic nitrogens is 1. The molecule has 1 amide bonds. The van der Waals surface area contributed by atoms with Crippen molar-refractivity contribution in [2.45, 2.75) is 39.7 Å². The number of carbonyl (C=O) groups is 2. The van der Waals surface area contributed by atoms with Gasteiger partial charge >= 0.3 is 5.97 Å². The summed E-state index contributed by atoms with van der Waals surface area (Å²) in [5.41, 5.74) is 4.40. The molecule has 1 fully saturated rings. The van der Waals surface area contributed by atoms with Crippen LogP contribution in [0.2, 0.25) is 0 Å². The third-order valence-corrected chi connectivity index (χ3v) is 4.83. The van der Waals surface area contributed by atoms with Crippen molar-refractivity contribution in [3.8, 4) is 6.07 Å². The summed E-state index contributed by atoms with van der Waals surface area (Å²) in [6.07, 6.45) is 3.84. The van der Waals surface area contributed by atoms with Crippen LogP contribution in [0.4, 0.5) is 5.69 Å². The zero-order valence-corrected chi connectivity index (χ0v) is 16.3. The molecule has 144 valence electrons. The van der Waals surface area contributed by atoms with Gasteiger partial charge in [0.05, 0.1) is 0 Å².